The number of carboxylic acids is 1. The highest BCUT2D eigenvalue weighted by molar-refractivity contribution is 5.88. The lowest BCUT2D eigenvalue weighted by atomic mass is 10.1. The first-order valence-corrected chi connectivity index (χ1v) is 4.25. The first-order chi connectivity index (χ1) is 8.42. The first-order valence-electron chi connectivity index (χ1n) is 4.25. The quantitative estimate of drug-likeness (QED) is 0.817. The molecule has 0 atom stereocenters. The van der Waals surface area contributed by atoms with Crippen LogP contribution in [0.15, 0.2) is 10.9 Å². The van der Waals surface area contributed by atoms with Crippen molar-refractivity contribution in [3.63, 3.8) is 0 Å². The number of pyridine rings is 1. The van der Waals surface area contributed by atoms with Gasteiger partial charge in [-0.1, -0.05) is 0 Å². The maximum absolute atomic E-state index is 12.5. The lowest BCUT2D eigenvalue weighted by Gasteiger charge is -2.16. The molecule has 2 N–H and O–H groups in total. The summed E-state index contributed by atoms with van der Waals surface area (Å²) in [5.74, 6) is -4.18. The second-order valence-electron chi connectivity index (χ2n) is 3.10. The molecule has 0 saturated carbocycles. The Bertz CT molecular complexity index is 558. The highest BCUT2D eigenvalue weighted by atomic mass is 19.4. The van der Waals surface area contributed by atoms with Gasteiger partial charge in [-0.2, -0.15) is 13.2 Å². The lowest BCUT2D eigenvalue weighted by molar-refractivity contribution is -0.276. The van der Waals surface area contributed by atoms with E-state index in [4.69, 9.17) is 5.11 Å². The average Bonchev–Trinajstić information content (AvgIpc) is 2.10. The highest BCUT2D eigenvalue weighted by Crippen LogP contribution is 2.39. The van der Waals surface area contributed by atoms with Crippen LogP contribution >= 0.6 is 0 Å². The molecular formula is C8H3F6NO4. The molecule has 106 valence electrons. The number of carboxylic acid groups (broad SMARTS) is 1. The summed E-state index contributed by atoms with van der Waals surface area (Å²) in [6, 6.07) is -0.136. The zero-order chi connectivity index (χ0) is 15.0. The Balaban J connectivity index is 3.61. The first kappa shape index (κ1) is 14.9. The Morgan fingerprint density at radius 3 is 2.11 bits per heavy atom. The fraction of sp³-hybridized carbons (Fsp3) is 0.250. The van der Waals surface area contributed by atoms with Crippen molar-refractivity contribution in [3.8, 4) is 5.75 Å². The van der Waals surface area contributed by atoms with Gasteiger partial charge in [-0.25, -0.2) is 4.79 Å². The number of alkyl halides is 6. The molecule has 19 heavy (non-hydrogen) atoms. The number of nitrogens with one attached hydrogen (secondary N) is 1. The number of aromatic amines is 1. The fourth-order valence-corrected chi connectivity index (χ4v) is 1.18. The maximum Gasteiger partial charge on any atom is 0.573 e. The van der Waals surface area contributed by atoms with Crippen LogP contribution in [0.3, 0.4) is 0 Å². The monoisotopic (exact) mass is 291 g/mol. The largest absolute Gasteiger partial charge is 0.573 e. The number of H-pyrrole nitrogens is 1. The topological polar surface area (TPSA) is 79.4 Å². The van der Waals surface area contributed by atoms with Crippen molar-refractivity contribution in [1.82, 2.24) is 4.98 Å². The van der Waals surface area contributed by atoms with Crippen molar-refractivity contribution in [2.75, 3.05) is 0 Å². The molecule has 1 aromatic heterocycles. The molecule has 1 heterocycles. The van der Waals surface area contributed by atoms with E-state index >= 15 is 0 Å². The minimum absolute atomic E-state index is 0.136. The molecule has 0 fully saturated rings. The summed E-state index contributed by atoms with van der Waals surface area (Å²) in [6.07, 6.45) is -11.0. The van der Waals surface area contributed by atoms with Crippen molar-refractivity contribution in [2.45, 2.75) is 12.5 Å². The van der Waals surface area contributed by atoms with Crippen LogP contribution in [0.2, 0.25) is 0 Å². The van der Waals surface area contributed by atoms with Crippen molar-refractivity contribution in [2.24, 2.45) is 0 Å². The van der Waals surface area contributed by atoms with Gasteiger partial charge >= 0.3 is 18.5 Å². The van der Waals surface area contributed by atoms with Gasteiger partial charge in [0.25, 0.3) is 5.56 Å². The van der Waals surface area contributed by atoms with Gasteiger partial charge in [0, 0.05) is 6.07 Å². The summed E-state index contributed by atoms with van der Waals surface area (Å²) in [7, 11) is 0. The van der Waals surface area contributed by atoms with E-state index in [1.807, 2.05) is 0 Å². The predicted octanol–water partition coefficient (Wildman–Crippen LogP) is 1.99. The number of ether oxygens (including phenoxy) is 1. The molecule has 0 amide bonds. The van der Waals surface area contributed by atoms with E-state index in [1.165, 1.54) is 4.98 Å². The summed E-state index contributed by atoms with van der Waals surface area (Å²) in [5, 5.41) is 8.47. The summed E-state index contributed by atoms with van der Waals surface area (Å²) >= 11 is 0. The number of carbonyl (C=O) groups is 1. The number of halogens is 6. The minimum atomic E-state index is -5.51. The number of rotatable bonds is 2. The van der Waals surface area contributed by atoms with Crippen LogP contribution in [0, 0.1) is 0 Å². The van der Waals surface area contributed by atoms with Crippen LogP contribution in [0.4, 0.5) is 26.3 Å². The Hall–Kier alpha value is -2.20. The molecule has 0 bridgehead atoms. The molecule has 0 unspecified atom stereocenters. The van der Waals surface area contributed by atoms with Crippen molar-refractivity contribution >= 4 is 5.97 Å². The van der Waals surface area contributed by atoms with E-state index in [0.29, 0.717) is 0 Å². The normalized spacial score (nSPS) is 12.3. The molecule has 0 spiro atoms. The third-order valence-electron chi connectivity index (χ3n) is 1.73. The SMILES string of the molecule is O=C(O)c1[nH]c(=O)cc(OC(F)(F)F)c1C(F)(F)F. The molecule has 0 saturated heterocycles. The molecule has 0 radical (unpaired) electrons. The van der Waals surface area contributed by atoms with Crippen molar-refractivity contribution < 1.29 is 41.0 Å². The van der Waals surface area contributed by atoms with Crippen LogP contribution in [-0.4, -0.2) is 22.4 Å². The van der Waals surface area contributed by atoms with Gasteiger partial charge in [-0.05, 0) is 0 Å². The molecule has 0 aromatic carbocycles. The minimum Gasteiger partial charge on any atom is -0.477 e. The summed E-state index contributed by atoms with van der Waals surface area (Å²) in [5.41, 5.74) is -5.44. The van der Waals surface area contributed by atoms with Crippen LogP contribution in [0.25, 0.3) is 0 Å². The van der Waals surface area contributed by atoms with Gasteiger partial charge in [0.15, 0.2) is 0 Å². The van der Waals surface area contributed by atoms with Crippen molar-refractivity contribution in [3.05, 3.63) is 27.7 Å². The van der Waals surface area contributed by atoms with Crippen LogP contribution < -0.4 is 10.3 Å². The third-order valence-corrected chi connectivity index (χ3v) is 1.73. The second-order valence-corrected chi connectivity index (χ2v) is 3.10. The number of aromatic nitrogens is 1. The zero-order valence-corrected chi connectivity index (χ0v) is 8.52. The average molecular weight is 291 g/mol. The zero-order valence-electron chi connectivity index (χ0n) is 8.52. The molecule has 1 rings (SSSR count). The molecule has 0 aliphatic rings. The molecular weight excluding hydrogens is 288 g/mol. The van der Waals surface area contributed by atoms with E-state index < -0.39 is 41.1 Å². The van der Waals surface area contributed by atoms with E-state index in [2.05, 4.69) is 4.74 Å². The van der Waals surface area contributed by atoms with Gasteiger partial charge < -0.3 is 14.8 Å². The molecule has 11 heteroatoms. The Morgan fingerprint density at radius 2 is 1.74 bits per heavy atom. The van der Waals surface area contributed by atoms with Gasteiger partial charge in [0.2, 0.25) is 0 Å². The smallest absolute Gasteiger partial charge is 0.477 e. The summed E-state index contributed by atoms with van der Waals surface area (Å²) < 4.78 is 76.4. The molecule has 1 aromatic rings. The van der Waals surface area contributed by atoms with E-state index in [9.17, 15) is 35.9 Å². The third kappa shape index (κ3) is 3.63. The standard InChI is InChI=1S/C8H3F6NO4/c9-7(10,11)4-2(19-8(12,13)14)1-3(16)15-5(4)6(17)18/h1H,(H,15,16)(H,17,18). The lowest BCUT2D eigenvalue weighted by Crippen LogP contribution is -2.26. The molecule has 0 aliphatic heterocycles. The van der Waals surface area contributed by atoms with E-state index in [1.54, 1.807) is 0 Å². The van der Waals surface area contributed by atoms with E-state index in [-0.39, 0.29) is 6.07 Å². The maximum atomic E-state index is 12.5. The van der Waals surface area contributed by atoms with Gasteiger partial charge in [-0.15, -0.1) is 13.2 Å². The number of hydrogen-bond acceptors (Lipinski definition) is 3. The number of aromatic carboxylic acids is 1. The Morgan fingerprint density at radius 1 is 1.21 bits per heavy atom. The molecule has 5 nitrogen and oxygen atoms in total. The Kier molecular flexibility index (Phi) is 3.50. The van der Waals surface area contributed by atoms with Crippen LogP contribution in [-0.2, 0) is 6.18 Å². The number of hydrogen-bond donors (Lipinski definition) is 2. The van der Waals surface area contributed by atoms with Crippen LogP contribution in [0.1, 0.15) is 16.1 Å². The van der Waals surface area contributed by atoms with Gasteiger partial charge in [0.1, 0.15) is 17.0 Å². The molecule has 0 aliphatic carbocycles. The fourth-order valence-electron chi connectivity index (χ4n) is 1.18. The van der Waals surface area contributed by atoms with Crippen LogP contribution in [0.5, 0.6) is 5.75 Å². The van der Waals surface area contributed by atoms with Gasteiger partial charge in [-0.3, -0.25) is 4.79 Å². The highest BCUT2D eigenvalue weighted by Gasteiger charge is 2.43. The summed E-state index contributed by atoms with van der Waals surface area (Å²) in [4.78, 5) is 22.7. The second kappa shape index (κ2) is 4.48. The van der Waals surface area contributed by atoms with Gasteiger partial charge in [0.05, 0.1) is 0 Å². The predicted molar refractivity (Wildman–Crippen MR) is 45.7 cm³/mol. The Labute approximate surface area is 99.0 Å². The summed E-state index contributed by atoms with van der Waals surface area (Å²) in [6.45, 7) is 0. The van der Waals surface area contributed by atoms with E-state index in [0.717, 1.165) is 0 Å². The van der Waals surface area contributed by atoms with Crippen molar-refractivity contribution in [1.29, 1.82) is 0 Å².